The molecule has 1 fully saturated rings. The average Bonchev–Trinajstić information content (AvgIpc) is 2.81. The van der Waals surface area contributed by atoms with Gasteiger partial charge in [-0.1, -0.05) is 6.07 Å². The normalized spacial score (nSPS) is 15.8. The quantitative estimate of drug-likeness (QED) is 0.410. The average molecular weight is 549 g/mol. The summed E-state index contributed by atoms with van der Waals surface area (Å²) in [5.41, 5.74) is 5.93. The van der Waals surface area contributed by atoms with Crippen LogP contribution in [0.2, 0.25) is 0 Å². The van der Waals surface area contributed by atoms with Crippen molar-refractivity contribution < 1.29 is 23.9 Å². The van der Waals surface area contributed by atoms with Crippen molar-refractivity contribution in [2.75, 3.05) is 29.0 Å². The van der Waals surface area contributed by atoms with Gasteiger partial charge in [0.05, 0.1) is 34.5 Å². The van der Waals surface area contributed by atoms with Crippen LogP contribution in [-0.2, 0) is 9.47 Å². The number of alkyl carbamates (subject to hydrolysis) is 1. The summed E-state index contributed by atoms with van der Waals surface area (Å²) in [4.78, 5) is 47.1. The number of esters is 1. The molecule has 3 rings (SSSR count). The Labute approximate surface area is 212 Å². The highest BCUT2D eigenvalue weighted by Gasteiger charge is 2.27. The van der Waals surface area contributed by atoms with Gasteiger partial charge in [0, 0.05) is 25.3 Å². The molecule has 1 aliphatic heterocycles. The maximum Gasteiger partial charge on any atom is 0.407 e. The van der Waals surface area contributed by atoms with E-state index in [-0.39, 0.29) is 17.4 Å². The first-order chi connectivity index (χ1) is 16.5. The van der Waals surface area contributed by atoms with E-state index in [1.165, 1.54) is 17.2 Å². The van der Waals surface area contributed by atoms with Gasteiger partial charge in [-0.15, -0.1) is 0 Å². The number of primary amides is 1. The summed E-state index contributed by atoms with van der Waals surface area (Å²) < 4.78 is 11.6. The molecule has 2 aromatic rings. The minimum absolute atomic E-state index is 0.0922. The van der Waals surface area contributed by atoms with E-state index in [4.69, 9.17) is 15.2 Å². The smallest absolute Gasteiger partial charge is 0.407 e. The molecule has 1 atom stereocenters. The predicted octanol–water partition coefficient (Wildman–Crippen LogP) is 3.30. The molecular weight excluding hydrogens is 520 g/mol. The lowest BCUT2D eigenvalue weighted by Gasteiger charge is -2.34. The number of carbonyl (C=O) groups excluding carboxylic acids is 3. The molecule has 0 saturated carbocycles. The summed E-state index contributed by atoms with van der Waals surface area (Å²) in [5.74, 6) is -0.618. The number of nitrogens with two attached hydrogens (primary N) is 1. The Morgan fingerprint density at radius 1 is 1.29 bits per heavy atom. The summed E-state index contributed by atoms with van der Waals surface area (Å²) >= 11 is 3.44. The van der Waals surface area contributed by atoms with E-state index in [0.29, 0.717) is 30.3 Å². The first kappa shape index (κ1) is 26.2. The van der Waals surface area contributed by atoms with Gasteiger partial charge in [0.2, 0.25) is 5.95 Å². The van der Waals surface area contributed by atoms with Gasteiger partial charge in [0.15, 0.2) is 5.82 Å². The van der Waals surface area contributed by atoms with Crippen LogP contribution >= 0.6 is 16.1 Å². The van der Waals surface area contributed by atoms with Crippen molar-refractivity contribution in [3.05, 3.63) is 41.6 Å². The summed E-state index contributed by atoms with van der Waals surface area (Å²) in [6.45, 7) is 6.56. The van der Waals surface area contributed by atoms with Gasteiger partial charge in [0.1, 0.15) is 11.2 Å². The molecule has 35 heavy (non-hydrogen) atoms. The zero-order chi connectivity index (χ0) is 25.8. The number of nitrogens with zero attached hydrogens (tertiary/aromatic N) is 4. The third kappa shape index (κ3) is 6.81. The van der Waals surface area contributed by atoms with Crippen LogP contribution in [0, 0.1) is 0 Å². The molecule has 1 aliphatic rings. The van der Waals surface area contributed by atoms with Crippen molar-refractivity contribution in [2.24, 2.45) is 5.73 Å². The molecule has 0 aliphatic carbocycles. The number of hydrogen-bond acceptors (Lipinski definition) is 9. The zero-order valence-corrected chi connectivity index (χ0v) is 21.7. The second kappa shape index (κ2) is 10.9. The molecular formula is C23H29BrN6O5. The topological polar surface area (TPSA) is 140 Å². The number of hydrogen-bond donors (Lipinski definition) is 2. The molecule has 0 radical (unpaired) electrons. The van der Waals surface area contributed by atoms with Gasteiger partial charge in [-0.3, -0.25) is 8.72 Å². The van der Waals surface area contributed by atoms with Crippen LogP contribution in [0.1, 0.15) is 54.3 Å². The molecule has 11 nitrogen and oxygen atoms in total. The Bertz CT molecular complexity index is 1110. The van der Waals surface area contributed by atoms with Crippen LogP contribution < -0.4 is 19.9 Å². The number of benzene rings is 1. The molecule has 3 N–H and O–H groups in total. The Balaban J connectivity index is 1.86. The van der Waals surface area contributed by atoms with Crippen LogP contribution in [0.5, 0.6) is 0 Å². The first-order valence-corrected chi connectivity index (χ1v) is 11.7. The second-order valence-electron chi connectivity index (χ2n) is 9.03. The van der Waals surface area contributed by atoms with E-state index < -0.39 is 23.6 Å². The maximum absolute atomic E-state index is 12.2. The van der Waals surface area contributed by atoms with Crippen LogP contribution in [0.25, 0.3) is 0 Å². The fraction of sp³-hybridized carbons (Fsp3) is 0.435. The fourth-order valence-electron chi connectivity index (χ4n) is 3.59. The van der Waals surface area contributed by atoms with E-state index >= 15 is 0 Å². The largest absolute Gasteiger partial charge is 0.465 e. The second-order valence-corrected chi connectivity index (χ2v) is 9.73. The molecule has 0 unspecified atom stereocenters. The van der Waals surface area contributed by atoms with Gasteiger partial charge < -0.3 is 25.4 Å². The number of anilines is 3. The Morgan fingerprint density at radius 2 is 2.03 bits per heavy atom. The number of carbonyl (C=O) groups is 3. The Morgan fingerprint density at radius 3 is 2.69 bits per heavy atom. The molecule has 1 aromatic carbocycles. The van der Waals surface area contributed by atoms with Gasteiger partial charge in [-0.2, -0.15) is 4.98 Å². The third-order valence-electron chi connectivity index (χ3n) is 5.13. The van der Waals surface area contributed by atoms with E-state index in [1.807, 2.05) is 25.7 Å². The van der Waals surface area contributed by atoms with Crippen LogP contribution in [0.4, 0.5) is 22.2 Å². The highest BCUT2D eigenvalue weighted by Crippen LogP contribution is 2.32. The molecule has 188 valence electrons. The minimum Gasteiger partial charge on any atom is -0.465 e. The third-order valence-corrected chi connectivity index (χ3v) is 5.87. The number of amides is 2. The molecule has 1 saturated heterocycles. The lowest BCUT2D eigenvalue weighted by molar-refractivity contribution is 0.0498. The van der Waals surface area contributed by atoms with Gasteiger partial charge in [-0.25, -0.2) is 14.6 Å². The number of nitrogens with one attached hydrogen (secondary N) is 1. The standard InChI is InChI=1S/C23H29BrN6O5/c1-23(2,3)35-22(33)27-15-8-6-10-29(13-15)21-26-12-17(18(25)31)19(28-21)30(24)16-9-5-7-14(11-16)20(32)34-4/h5,7,9,11-12,15H,6,8,10,13H2,1-4H3,(H2,25,31)(H,27,33)/t15-/m0/s1. The van der Waals surface area contributed by atoms with Gasteiger partial charge in [0.25, 0.3) is 5.91 Å². The van der Waals surface area contributed by atoms with Crippen LogP contribution in [-0.4, -0.2) is 59.8 Å². The number of halogens is 1. The minimum atomic E-state index is -0.705. The van der Waals surface area contributed by atoms with E-state index in [1.54, 1.807) is 24.3 Å². The van der Waals surface area contributed by atoms with Gasteiger partial charge >= 0.3 is 12.1 Å². The van der Waals surface area contributed by atoms with Crippen molar-refractivity contribution >= 4 is 51.6 Å². The first-order valence-electron chi connectivity index (χ1n) is 11.0. The Hall–Kier alpha value is -3.41. The summed E-state index contributed by atoms with van der Waals surface area (Å²) in [5, 5.41) is 2.89. The Kier molecular flexibility index (Phi) is 8.15. The molecule has 2 amide bonds. The number of aromatic nitrogens is 2. The van der Waals surface area contributed by atoms with E-state index in [9.17, 15) is 14.4 Å². The maximum atomic E-state index is 12.2. The fourth-order valence-corrected chi connectivity index (χ4v) is 4.08. The highest BCUT2D eigenvalue weighted by molar-refractivity contribution is 9.10. The van der Waals surface area contributed by atoms with Crippen molar-refractivity contribution in [1.29, 1.82) is 0 Å². The summed E-state index contributed by atoms with van der Waals surface area (Å²) in [6, 6.07) is 6.46. The molecule has 0 spiro atoms. The predicted molar refractivity (Wildman–Crippen MR) is 134 cm³/mol. The summed E-state index contributed by atoms with van der Waals surface area (Å²) in [7, 11) is 1.30. The van der Waals surface area contributed by atoms with Crippen molar-refractivity contribution in [3.63, 3.8) is 0 Å². The number of methoxy groups -OCH3 is 1. The number of rotatable bonds is 6. The summed E-state index contributed by atoms with van der Waals surface area (Å²) in [6.07, 6.45) is 2.47. The number of piperidine rings is 1. The molecule has 0 bridgehead atoms. The van der Waals surface area contributed by atoms with Gasteiger partial charge in [-0.05, 0) is 51.8 Å². The lowest BCUT2D eigenvalue weighted by atomic mass is 10.1. The lowest BCUT2D eigenvalue weighted by Crippen LogP contribution is -2.49. The van der Waals surface area contributed by atoms with E-state index in [0.717, 1.165) is 12.8 Å². The monoisotopic (exact) mass is 548 g/mol. The van der Waals surface area contributed by atoms with E-state index in [2.05, 4.69) is 31.4 Å². The van der Waals surface area contributed by atoms with Crippen molar-refractivity contribution in [2.45, 2.75) is 45.3 Å². The zero-order valence-electron chi connectivity index (χ0n) is 20.1. The van der Waals surface area contributed by atoms with Crippen molar-refractivity contribution in [1.82, 2.24) is 15.3 Å². The molecule has 12 heteroatoms. The number of ether oxygens (including phenoxy) is 2. The van der Waals surface area contributed by atoms with Crippen LogP contribution in [0.3, 0.4) is 0 Å². The van der Waals surface area contributed by atoms with Crippen LogP contribution in [0.15, 0.2) is 30.5 Å². The molecule has 2 heterocycles. The highest BCUT2D eigenvalue weighted by atomic mass is 79.9. The SMILES string of the molecule is COC(=O)c1cccc(N(Br)c2nc(N3CCC[C@H](NC(=O)OC(C)(C)C)C3)ncc2C(N)=O)c1. The molecule has 1 aromatic heterocycles. The van der Waals surface area contributed by atoms with Crippen molar-refractivity contribution in [3.8, 4) is 0 Å².